The van der Waals surface area contributed by atoms with Crippen molar-refractivity contribution in [1.29, 1.82) is 0 Å². The minimum Gasteiger partial charge on any atom is -0.326 e. The van der Waals surface area contributed by atoms with Crippen LogP contribution >= 0.6 is 0 Å². The van der Waals surface area contributed by atoms with Crippen molar-refractivity contribution in [2.24, 2.45) is 4.99 Å². The van der Waals surface area contributed by atoms with E-state index in [0.717, 1.165) is 0 Å². The summed E-state index contributed by atoms with van der Waals surface area (Å²) in [7, 11) is 0. The molecule has 2 aromatic rings. The molecule has 0 aromatic heterocycles. The maximum absolute atomic E-state index is 13.0. The van der Waals surface area contributed by atoms with E-state index in [1.165, 1.54) is 31.2 Å². The highest BCUT2D eigenvalue weighted by Gasteiger charge is 2.27. The van der Waals surface area contributed by atoms with Crippen LogP contribution in [0.2, 0.25) is 0 Å². The van der Waals surface area contributed by atoms with Crippen LogP contribution in [-0.2, 0) is 14.4 Å². The molecule has 4 N–H and O–H groups in total. The monoisotopic (exact) mass is 383 g/mol. The summed E-state index contributed by atoms with van der Waals surface area (Å²) in [5.74, 6) is -1.27. The van der Waals surface area contributed by atoms with Crippen molar-refractivity contribution in [1.82, 2.24) is 5.32 Å². The van der Waals surface area contributed by atoms with Crippen molar-refractivity contribution in [3.8, 4) is 0 Å². The first-order chi connectivity index (χ1) is 13.4. The SMILES string of the molecule is CC(=O)Nc1ccc(NC(=O)[C@@H]2CC(=O)NC(Nc3ccc(F)cc3)=N2)cc1. The van der Waals surface area contributed by atoms with E-state index in [1.54, 1.807) is 24.3 Å². The molecule has 1 atom stereocenters. The molecule has 3 rings (SSSR count). The number of nitrogens with one attached hydrogen (secondary N) is 4. The molecule has 0 bridgehead atoms. The van der Waals surface area contributed by atoms with Crippen molar-refractivity contribution >= 4 is 40.7 Å². The van der Waals surface area contributed by atoms with Crippen LogP contribution < -0.4 is 21.3 Å². The zero-order chi connectivity index (χ0) is 20.1. The zero-order valence-electron chi connectivity index (χ0n) is 15.0. The summed E-state index contributed by atoms with van der Waals surface area (Å²) in [6.45, 7) is 1.40. The van der Waals surface area contributed by atoms with E-state index in [0.29, 0.717) is 17.1 Å². The fourth-order valence-electron chi connectivity index (χ4n) is 2.54. The smallest absolute Gasteiger partial charge is 0.249 e. The van der Waals surface area contributed by atoms with Gasteiger partial charge >= 0.3 is 0 Å². The number of nitrogens with zero attached hydrogens (tertiary/aromatic N) is 1. The van der Waals surface area contributed by atoms with E-state index in [-0.39, 0.29) is 30.0 Å². The van der Waals surface area contributed by atoms with E-state index < -0.39 is 11.9 Å². The number of carbonyl (C=O) groups excluding carboxylic acids is 3. The largest absolute Gasteiger partial charge is 0.326 e. The van der Waals surface area contributed by atoms with Gasteiger partial charge in [0.25, 0.3) is 0 Å². The average molecular weight is 383 g/mol. The van der Waals surface area contributed by atoms with Gasteiger partial charge in [-0.25, -0.2) is 9.38 Å². The molecule has 3 amide bonds. The Morgan fingerprint density at radius 2 is 1.57 bits per heavy atom. The molecule has 0 spiro atoms. The van der Waals surface area contributed by atoms with Crippen LogP contribution in [-0.4, -0.2) is 29.7 Å². The highest BCUT2D eigenvalue weighted by Crippen LogP contribution is 2.16. The van der Waals surface area contributed by atoms with Gasteiger partial charge in [0.05, 0.1) is 6.42 Å². The van der Waals surface area contributed by atoms with Crippen LogP contribution in [0.4, 0.5) is 21.5 Å². The molecule has 0 aliphatic carbocycles. The number of hydrogen-bond donors (Lipinski definition) is 4. The minimum atomic E-state index is -0.910. The van der Waals surface area contributed by atoms with Gasteiger partial charge in [0.15, 0.2) is 0 Å². The molecular weight excluding hydrogens is 365 g/mol. The molecule has 0 saturated heterocycles. The van der Waals surface area contributed by atoms with Gasteiger partial charge in [0.2, 0.25) is 23.7 Å². The first-order valence-electron chi connectivity index (χ1n) is 8.48. The van der Waals surface area contributed by atoms with Crippen LogP contribution in [0.25, 0.3) is 0 Å². The van der Waals surface area contributed by atoms with Gasteiger partial charge < -0.3 is 16.0 Å². The number of carbonyl (C=O) groups is 3. The molecule has 8 nitrogen and oxygen atoms in total. The normalized spacial score (nSPS) is 15.9. The molecule has 144 valence electrons. The lowest BCUT2D eigenvalue weighted by molar-refractivity contribution is -0.124. The topological polar surface area (TPSA) is 112 Å². The second-order valence-corrected chi connectivity index (χ2v) is 6.13. The third-order valence-electron chi connectivity index (χ3n) is 3.80. The van der Waals surface area contributed by atoms with Crippen LogP contribution in [0.15, 0.2) is 53.5 Å². The predicted octanol–water partition coefficient (Wildman–Crippen LogP) is 2.08. The van der Waals surface area contributed by atoms with Gasteiger partial charge in [-0.2, -0.15) is 0 Å². The molecule has 1 aliphatic heterocycles. The molecule has 28 heavy (non-hydrogen) atoms. The first kappa shape index (κ1) is 19.0. The van der Waals surface area contributed by atoms with E-state index in [2.05, 4.69) is 26.3 Å². The van der Waals surface area contributed by atoms with Crippen LogP contribution in [0.5, 0.6) is 0 Å². The molecular formula is C19H18FN5O3. The molecule has 0 unspecified atom stereocenters. The quantitative estimate of drug-likeness (QED) is 0.648. The summed E-state index contributed by atoms with van der Waals surface area (Å²) in [6, 6.07) is 11.2. The molecule has 2 aromatic carbocycles. The number of anilines is 3. The second-order valence-electron chi connectivity index (χ2n) is 6.13. The van der Waals surface area contributed by atoms with Gasteiger partial charge in [-0.3, -0.25) is 19.7 Å². The molecule has 0 radical (unpaired) electrons. The average Bonchev–Trinajstić information content (AvgIpc) is 2.64. The van der Waals surface area contributed by atoms with Crippen molar-refractivity contribution in [3.05, 3.63) is 54.3 Å². The second kappa shape index (κ2) is 8.30. The van der Waals surface area contributed by atoms with Crippen molar-refractivity contribution in [2.45, 2.75) is 19.4 Å². The van der Waals surface area contributed by atoms with Crippen LogP contribution in [0, 0.1) is 5.82 Å². The van der Waals surface area contributed by atoms with Gasteiger partial charge in [-0.15, -0.1) is 0 Å². The van der Waals surface area contributed by atoms with Crippen LogP contribution in [0.3, 0.4) is 0 Å². The van der Waals surface area contributed by atoms with E-state index in [4.69, 9.17) is 0 Å². The Kier molecular flexibility index (Phi) is 5.64. The molecule has 0 fully saturated rings. The summed E-state index contributed by atoms with van der Waals surface area (Å²) in [5, 5.41) is 10.7. The Morgan fingerprint density at radius 1 is 1.00 bits per heavy atom. The van der Waals surface area contributed by atoms with Crippen LogP contribution in [0.1, 0.15) is 13.3 Å². The number of benzene rings is 2. The first-order valence-corrected chi connectivity index (χ1v) is 8.48. The van der Waals surface area contributed by atoms with Gasteiger partial charge in [-0.05, 0) is 48.5 Å². The van der Waals surface area contributed by atoms with Crippen molar-refractivity contribution < 1.29 is 18.8 Å². The highest BCUT2D eigenvalue weighted by molar-refractivity contribution is 6.10. The standard InChI is InChI=1S/C19H18FN5O3/c1-11(26)21-13-6-8-14(9-7-13)22-18(28)16-10-17(27)25-19(24-16)23-15-4-2-12(20)3-5-15/h2-9,16H,10H2,1H3,(H,21,26)(H,22,28)(H2,23,24,25,27)/t16-/m0/s1. The van der Waals surface area contributed by atoms with Gasteiger partial charge in [0, 0.05) is 24.0 Å². The molecule has 0 saturated carbocycles. The summed E-state index contributed by atoms with van der Waals surface area (Å²) < 4.78 is 13.0. The summed E-state index contributed by atoms with van der Waals surface area (Å²) in [4.78, 5) is 39.6. The summed E-state index contributed by atoms with van der Waals surface area (Å²) in [6.07, 6.45) is -0.0929. The third kappa shape index (κ3) is 5.13. The number of aliphatic imine (C=N–C) groups is 1. The number of hydrogen-bond acceptors (Lipinski definition) is 5. The lowest BCUT2D eigenvalue weighted by Gasteiger charge is -2.21. The summed E-state index contributed by atoms with van der Waals surface area (Å²) in [5.41, 5.74) is 1.63. The Morgan fingerprint density at radius 3 is 2.18 bits per heavy atom. The van der Waals surface area contributed by atoms with Crippen molar-refractivity contribution in [3.63, 3.8) is 0 Å². The van der Waals surface area contributed by atoms with Gasteiger partial charge in [-0.1, -0.05) is 0 Å². The zero-order valence-corrected chi connectivity index (χ0v) is 15.0. The number of guanidine groups is 1. The van der Waals surface area contributed by atoms with Crippen molar-refractivity contribution in [2.75, 3.05) is 16.0 Å². The van der Waals surface area contributed by atoms with E-state index in [9.17, 15) is 18.8 Å². The molecule has 1 heterocycles. The lowest BCUT2D eigenvalue weighted by Crippen LogP contribution is -2.45. The maximum Gasteiger partial charge on any atom is 0.249 e. The molecule has 1 aliphatic rings. The molecule has 9 heteroatoms. The fraction of sp³-hybridized carbons (Fsp3) is 0.158. The van der Waals surface area contributed by atoms with Gasteiger partial charge in [0.1, 0.15) is 11.9 Å². The summed E-state index contributed by atoms with van der Waals surface area (Å²) >= 11 is 0. The Hall–Kier alpha value is -3.75. The Labute approximate surface area is 160 Å². The number of halogens is 1. The lowest BCUT2D eigenvalue weighted by atomic mass is 10.1. The number of amides is 3. The fourth-order valence-corrected chi connectivity index (χ4v) is 2.54. The maximum atomic E-state index is 13.0. The van der Waals surface area contributed by atoms with E-state index in [1.807, 2.05) is 0 Å². The third-order valence-corrected chi connectivity index (χ3v) is 3.80. The number of rotatable bonds is 4. The minimum absolute atomic E-state index is 0.0929. The Bertz CT molecular complexity index is 926. The Balaban J connectivity index is 1.67. The van der Waals surface area contributed by atoms with E-state index >= 15 is 0 Å². The predicted molar refractivity (Wildman–Crippen MR) is 103 cm³/mol. The highest BCUT2D eigenvalue weighted by atomic mass is 19.1.